The second-order valence-electron chi connectivity index (χ2n) is 16.9. The molecule has 9 aromatic carbocycles. The molecule has 0 radical (unpaired) electrons. The van der Waals surface area contributed by atoms with Gasteiger partial charge in [-0.05, 0) is 104 Å². The number of fused-ring (bicyclic) bond motifs is 8. The van der Waals surface area contributed by atoms with Crippen LogP contribution in [0.1, 0.15) is 5.56 Å². The van der Waals surface area contributed by atoms with Crippen molar-refractivity contribution in [1.82, 2.24) is 18.8 Å². The monoisotopic (exact) mass is 844 g/mol. The fourth-order valence-corrected chi connectivity index (χ4v) is 10.4. The number of aromatic nitrogens is 4. The summed E-state index contributed by atoms with van der Waals surface area (Å²) < 4.78 is 3.56. The van der Waals surface area contributed by atoms with E-state index in [1.54, 1.807) is 14.9 Å². The van der Waals surface area contributed by atoms with Crippen LogP contribution < -0.4 is 11.1 Å². The van der Waals surface area contributed by atoms with Crippen LogP contribution >= 0.6 is 0 Å². The van der Waals surface area contributed by atoms with E-state index in [2.05, 4.69) is 104 Å². The Balaban J connectivity index is 1.07. The third-order valence-corrected chi connectivity index (χ3v) is 13.4. The van der Waals surface area contributed by atoms with Gasteiger partial charge in [0.1, 0.15) is 11.3 Å². The van der Waals surface area contributed by atoms with Gasteiger partial charge in [-0.2, -0.15) is 0 Å². The minimum Gasteiger partial charge on any atom is -0.268 e. The Morgan fingerprint density at radius 1 is 0.424 bits per heavy atom. The Morgan fingerprint density at radius 2 is 0.894 bits per heavy atom. The lowest BCUT2D eigenvalue weighted by Gasteiger charge is -2.15. The van der Waals surface area contributed by atoms with Crippen molar-refractivity contribution in [3.63, 3.8) is 0 Å². The number of imidazole rings is 2. The molecule has 0 saturated heterocycles. The van der Waals surface area contributed by atoms with E-state index < -0.39 is 0 Å². The molecular weight excluding hydrogens is 809 g/mol. The average Bonchev–Trinajstić information content (AvgIpc) is 3.96. The highest BCUT2D eigenvalue weighted by Gasteiger charge is 2.24. The van der Waals surface area contributed by atoms with Crippen molar-refractivity contribution in [3.8, 4) is 44.5 Å². The van der Waals surface area contributed by atoms with Crippen LogP contribution in [0.25, 0.3) is 127 Å². The molecule has 0 aliphatic rings. The fourth-order valence-electron chi connectivity index (χ4n) is 10.4. The molecule has 13 aromatic rings. The van der Waals surface area contributed by atoms with Gasteiger partial charge in [0.05, 0.1) is 22.1 Å². The van der Waals surface area contributed by atoms with Gasteiger partial charge >= 0.3 is 0 Å². The second kappa shape index (κ2) is 14.3. The molecule has 0 aliphatic carbocycles. The molecule has 0 amide bonds. The fraction of sp³-hybridized carbons (Fsp3) is 0. The Hall–Kier alpha value is -9.00. The SMILES string of the molecule is C=C/C=C(\C=C)c1cc(-c2ccccc2)c2nc3c4ccc(-c5ccc6c7c5cccc7c(=O)n5c7cc(-c8ccccc8)cc(-c8ccccc8)c7nc65)c5cccc(c(=O)n3c2c1)c54. The molecule has 0 unspecified atom stereocenters. The predicted molar refractivity (Wildman–Crippen MR) is 274 cm³/mol. The number of hydrogen-bond acceptors (Lipinski definition) is 4. The number of allylic oxidation sites excluding steroid dienone is 4. The Kier molecular flexibility index (Phi) is 8.11. The topological polar surface area (TPSA) is 68.7 Å². The number of benzene rings is 9. The first-order chi connectivity index (χ1) is 32.5. The summed E-state index contributed by atoms with van der Waals surface area (Å²) in [6.45, 7) is 8.00. The molecular formula is C60H36N4O2. The number of pyridine rings is 2. The molecule has 6 nitrogen and oxygen atoms in total. The lowest BCUT2D eigenvalue weighted by Crippen LogP contribution is -2.13. The van der Waals surface area contributed by atoms with Crippen LogP contribution in [0.5, 0.6) is 0 Å². The number of rotatable bonds is 7. The van der Waals surface area contributed by atoms with Crippen molar-refractivity contribution in [2.24, 2.45) is 0 Å². The zero-order valence-electron chi connectivity index (χ0n) is 35.5. The Labute approximate surface area is 377 Å². The lowest BCUT2D eigenvalue weighted by molar-refractivity contribution is 1.19. The van der Waals surface area contributed by atoms with E-state index in [4.69, 9.17) is 9.97 Å². The van der Waals surface area contributed by atoms with Crippen molar-refractivity contribution >= 4 is 82.0 Å². The van der Waals surface area contributed by atoms with E-state index in [0.717, 1.165) is 110 Å². The van der Waals surface area contributed by atoms with Crippen molar-refractivity contribution in [2.45, 2.75) is 0 Å². The molecule has 308 valence electrons. The molecule has 4 aromatic heterocycles. The first-order valence-corrected chi connectivity index (χ1v) is 22.0. The van der Waals surface area contributed by atoms with Crippen molar-refractivity contribution in [2.75, 3.05) is 0 Å². The zero-order chi connectivity index (χ0) is 44.2. The van der Waals surface area contributed by atoms with Crippen molar-refractivity contribution in [3.05, 3.63) is 234 Å². The van der Waals surface area contributed by atoms with Crippen LogP contribution in [0, 0.1) is 0 Å². The molecule has 0 bridgehead atoms. The van der Waals surface area contributed by atoms with Gasteiger partial charge in [0.2, 0.25) is 0 Å². The maximum atomic E-state index is 15.0. The molecule has 0 atom stereocenters. The summed E-state index contributed by atoms with van der Waals surface area (Å²) in [5.41, 5.74) is 13.7. The van der Waals surface area contributed by atoms with E-state index in [0.29, 0.717) is 22.1 Å². The summed E-state index contributed by atoms with van der Waals surface area (Å²) in [7, 11) is 0. The predicted octanol–water partition coefficient (Wildman–Crippen LogP) is 13.9. The maximum Gasteiger partial charge on any atom is 0.264 e. The van der Waals surface area contributed by atoms with Crippen LogP contribution in [0.2, 0.25) is 0 Å². The van der Waals surface area contributed by atoms with Gasteiger partial charge < -0.3 is 0 Å². The zero-order valence-corrected chi connectivity index (χ0v) is 35.5. The van der Waals surface area contributed by atoms with Crippen LogP contribution in [0.15, 0.2) is 217 Å². The standard InChI is InChI=1S/C60H36N4O2/c1-3-16-35(4-2)39-31-49(37-19-10-6-11-20-37)55-51(33-39)63-57(61-55)45-29-27-41(43-23-14-25-47(53(43)45)59(63)65)42-28-30-46-54-44(42)24-15-26-48(54)60(66)64-52-34-40(36-17-8-5-9-18-36)32-50(56(52)62-58(46)64)38-21-12-7-13-22-38/h3-34H,1-2H2/b35-16+. The van der Waals surface area contributed by atoms with Gasteiger partial charge in [-0.25, -0.2) is 9.97 Å². The molecule has 13 rings (SSSR count). The third-order valence-electron chi connectivity index (χ3n) is 13.4. The summed E-state index contributed by atoms with van der Waals surface area (Å²) in [6.07, 6.45) is 5.48. The van der Waals surface area contributed by atoms with Gasteiger partial charge in [0.15, 0.2) is 0 Å². The highest BCUT2D eigenvalue weighted by Crippen LogP contribution is 2.43. The van der Waals surface area contributed by atoms with E-state index in [9.17, 15) is 9.59 Å². The van der Waals surface area contributed by atoms with Gasteiger partial charge in [-0.3, -0.25) is 18.4 Å². The molecule has 0 spiro atoms. The summed E-state index contributed by atoms with van der Waals surface area (Å²) in [5, 5.41) is 6.56. The normalized spacial score (nSPS) is 12.3. The minimum atomic E-state index is -0.140. The van der Waals surface area contributed by atoms with E-state index >= 15 is 0 Å². The van der Waals surface area contributed by atoms with E-state index in [1.165, 1.54) is 0 Å². The average molecular weight is 845 g/mol. The molecule has 0 saturated carbocycles. The van der Waals surface area contributed by atoms with Gasteiger partial charge in [-0.15, -0.1) is 0 Å². The van der Waals surface area contributed by atoms with Gasteiger partial charge in [0.25, 0.3) is 11.1 Å². The molecule has 0 aliphatic heterocycles. The van der Waals surface area contributed by atoms with Crippen molar-refractivity contribution < 1.29 is 0 Å². The summed E-state index contributed by atoms with van der Waals surface area (Å²) in [6, 6.07) is 59.5. The van der Waals surface area contributed by atoms with E-state index in [1.807, 2.05) is 97.1 Å². The van der Waals surface area contributed by atoms with Crippen LogP contribution in [-0.4, -0.2) is 18.8 Å². The summed E-state index contributed by atoms with van der Waals surface area (Å²) >= 11 is 0. The quantitative estimate of drug-likeness (QED) is 0.150. The van der Waals surface area contributed by atoms with Crippen LogP contribution in [0.4, 0.5) is 0 Å². The highest BCUT2D eigenvalue weighted by molar-refractivity contribution is 6.24. The highest BCUT2D eigenvalue weighted by atomic mass is 16.1. The van der Waals surface area contributed by atoms with Gasteiger partial charge in [-0.1, -0.05) is 159 Å². The third kappa shape index (κ3) is 5.30. The first-order valence-electron chi connectivity index (χ1n) is 22.0. The van der Waals surface area contributed by atoms with Crippen LogP contribution in [0.3, 0.4) is 0 Å². The first kappa shape index (κ1) is 37.5. The number of hydrogen-bond donors (Lipinski definition) is 0. The van der Waals surface area contributed by atoms with Crippen molar-refractivity contribution in [1.29, 1.82) is 0 Å². The Morgan fingerprint density at radius 3 is 1.39 bits per heavy atom. The maximum absolute atomic E-state index is 15.0. The largest absolute Gasteiger partial charge is 0.268 e. The summed E-state index contributed by atoms with van der Waals surface area (Å²) in [5.74, 6) is 0. The number of nitrogens with zero attached hydrogens (tertiary/aromatic N) is 4. The molecule has 6 heteroatoms. The van der Waals surface area contributed by atoms with E-state index in [-0.39, 0.29) is 11.1 Å². The molecule has 4 heterocycles. The molecule has 66 heavy (non-hydrogen) atoms. The molecule has 0 fully saturated rings. The minimum absolute atomic E-state index is 0.119. The van der Waals surface area contributed by atoms with Gasteiger partial charge in [0, 0.05) is 43.4 Å². The molecule has 0 N–H and O–H groups in total. The summed E-state index contributed by atoms with van der Waals surface area (Å²) in [4.78, 5) is 40.5. The lowest BCUT2D eigenvalue weighted by atomic mass is 9.89. The van der Waals surface area contributed by atoms with Crippen LogP contribution in [-0.2, 0) is 0 Å². The Bertz CT molecular complexity index is 4340. The smallest absolute Gasteiger partial charge is 0.264 e. The second-order valence-corrected chi connectivity index (χ2v) is 16.9.